The Bertz CT molecular complexity index is 2860. The molecular weight excluding hydrogens is 601 g/mol. The average Bonchev–Trinajstić information content (AvgIpc) is 3.20. The Morgan fingerprint density at radius 1 is 0.200 bits per heavy atom. The van der Waals surface area contributed by atoms with Gasteiger partial charge >= 0.3 is 0 Å². The van der Waals surface area contributed by atoms with Crippen molar-refractivity contribution in [3.63, 3.8) is 0 Å². The molecule has 50 heavy (non-hydrogen) atoms. The maximum atomic E-state index is 2.35. The maximum Gasteiger partial charge on any atom is -0.00201 e. The second-order valence-electron chi connectivity index (χ2n) is 13.2. The van der Waals surface area contributed by atoms with Gasteiger partial charge in [0.25, 0.3) is 0 Å². The van der Waals surface area contributed by atoms with E-state index in [1.807, 2.05) is 0 Å². The first kappa shape index (κ1) is 28.5. The minimum Gasteiger partial charge on any atom is -0.0622 e. The number of hydrogen-bond acceptors (Lipinski definition) is 0. The van der Waals surface area contributed by atoms with Gasteiger partial charge in [0.15, 0.2) is 0 Å². The van der Waals surface area contributed by atoms with E-state index >= 15 is 0 Å². The molecule has 0 saturated carbocycles. The molecule has 0 aliphatic rings. The van der Waals surface area contributed by atoms with Crippen LogP contribution in [0, 0.1) is 0 Å². The van der Waals surface area contributed by atoms with Gasteiger partial charge in [-0.05, 0) is 104 Å². The third kappa shape index (κ3) is 4.46. The summed E-state index contributed by atoms with van der Waals surface area (Å²) in [5, 5.41) is 12.7. The van der Waals surface area contributed by atoms with Crippen LogP contribution in [0.1, 0.15) is 0 Å². The molecule has 0 spiro atoms. The fourth-order valence-electron chi connectivity index (χ4n) is 8.23. The molecule has 0 saturated heterocycles. The average molecular weight is 633 g/mol. The third-order valence-electron chi connectivity index (χ3n) is 10.5. The highest BCUT2D eigenvalue weighted by Gasteiger charge is 2.20. The van der Waals surface area contributed by atoms with Crippen LogP contribution in [0.5, 0.6) is 0 Å². The molecular formula is C50H32. The normalized spacial score (nSPS) is 11.6. The lowest BCUT2D eigenvalue weighted by Crippen LogP contribution is -1.93. The van der Waals surface area contributed by atoms with Crippen molar-refractivity contribution in [1.82, 2.24) is 0 Å². The van der Waals surface area contributed by atoms with Crippen molar-refractivity contribution in [2.24, 2.45) is 0 Å². The molecule has 0 fully saturated rings. The Hall–Kier alpha value is -6.50. The van der Waals surface area contributed by atoms with Gasteiger partial charge in [0.1, 0.15) is 0 Å². The first-order valence-electron chi connectivity index (χ1n) is 17.4. The van der Waals surface area contributed by atoms with Crippen LogP contribution in [0.3, 0.4) is 0 Å². The molecule has 0 amide bonds. The highest BCUT2D eigenvalue weighted by molar-refractivity contribution is 6.26. The molecule has 10 aromatic rings. The Morgan fingerprint density at radius 2 is 0.640 bits per heavy atom. The molecule has 0 nitrogen and oxygen atoms in total. The number of benzene rings is 10. The second kappa shape index (κ2) is 11.6. The lowest BCUT2D eigenvalue weighted by Gasteiger charge is -2.20. The Kier molecular flexibility index (Phi) is 6.60. The van der Waals surface area contributed by atoms with Crippen LogP contribution in [0.2, 0.25) is 0 Å². The van der Waals surface area contributed by atoms with Gasteiger partial charge in [-0.25, -0.2) is 0 Å². The summed E-state index contributed by atoms with van der Waals surface area (Å²) < 4.78 is 0. The van der Waals surface area contributed by atoms with Crippen molar-refractivity contribution in [3.8, 4) is 44.5 Å². The van der Waals surface area contributed by atoms with Crippen molar-refractivity contribution in [1.29, 1.82) is 0 Å². The molecule has 0 atom stereocenters. The summed E-state index contributed by atoms with van der Waals surface area (Å²) in [5.74, 6) is 0. The zero-order chi connectivity index (χ0) is 33.0. The standard InChI is InChI=1S/C50H32/c1-2-14-33(15-3-1)35-17-12-18-36(32-35)38-30-31-48(41-21-7-6-20-39(38)41)50-46-24-10-8-22-44(46)49(45-23-9-11-25-47(45)50)43-27-13-26-40-37-19-5-4-16-34(37)28-29-42(40)43/h1-32H. The highest BCUT2D eigenvalue weighted by atomic mass is 14.2. The van der Waals surface area contributed by atoms with Crippen molar-refractivity contribution in [3.05, 3.63) is 194 Å². The molecule has 0 N–H and O–H groups in total. The lowest BCUT2D eigenvalue weighted by molar-refractivity contribution is 1.60. The first-order chi connectivity index (χ1) is 24.8. The van der Waals surface area contributed by atoms with Crippen LogP contribution < -0.4 is 0 Å². The molecule has 10 rings (SSSR count). The van der Waals surface area contributed by atoms with Gasteiger partial charge in [0, 0.05) is 0 Å². The molecule has 0 heteroatoms. The molecule has 0 bridgehead atoms. The van der Waals surface area contributed by atoms with Gasteiger partial charge in [0.2, 0.25) is 0 Å². The van der Waals surface area contributed by atoms with Crippen LogP contribution in [0.25, 0.3) is 98.4 Å². The molecule has 0 unspecified atom stereocenters. The van der Waals surface area contributed by atoms with E-state index in [4.69, 9.17) is 0 Å². The van der Waals surface area contributed by atoms with E-state index in [0.29, 0.717) is 0 Å². The molecule has 0 aromatic heterocycles. The van der Waals surface area contributed by atoms with Gasteiger partial charge in [-0.3, -0.25) is 0 Å². The van der Waals surface area contributed by atoms with Crippen molar-refractivity contribution in [2.75, 3.05) is 0 Å². The van der Waals surface area contributed by atoms with Gasteiger partial charge < -0.3 is 0 Å². The largest absolute Gasteiger partial charge is 0.0622 e. The number of rotatable bonds is 4. The summed E-state index contributed by atoms with van der Waals surface area (Å²) >= 11 is 0. The predicted octanol–water partition coefficient (Wildman–Crippen LogP) is 14.1. The van der Waals surface area contributed by atoms with Crippen LogP contribution in [0.4, 0.5) is 0 Å². The minimum atomic E-state index is 1.22. The quantitative estimate of drug-likeness (QED) is 0.134. The van der Waals surface area contributed by atoms with Gasteiger partial charge in [-0.15, -0.1) is 0 Å². The van der Waals surface area contributed by atoms with Gasteiger partial charge in [-0.1, -0.05) is 188 Å². The number of fused-ring (bicyclic) bond motifs is 6. The topological polar surface area (TPSA) is 0 Å². The zero-order valence-corrected chi connectivity index (χ0v) is 27.5. The highest BCUT2D eigenvalue weighted by Crippen LogP contribution is 2.48. The maximum absolute atomic E-state index is 2.35. The number of hydrogen-bond donors (Lipinski definition) is 0. The molecule has 232 valence electrons. The van der Waals surface area contributed by atoms with Crippen molar-refractivity contribution < 1.29 is 0 Å². The fourth-order valence-corrected chi connectivity index (χ4v) is 8.23. The first-order valence-corrected chi connectivity index (χ1v) is 17.4. The predicted molar refractivity (Wildman–Crippen MR) is 216 cm³/mol. The molecule has 0 heterocycles. The van der Waals surface area contributed by atoms with E-state index < -0.39 is 0 Å². The molecule has 0 radical (unpaired) electrons. The smallest absolute Gasteiger partial charge is 0.00201 e. The molecule has 0 aliphatic carbocycles. The van der Waals surface area contributed by atoms with Crippen LogP contribution >= 0.6 is 0 Å². The summed E-state index contributed by atoms with van der Waals surface area (Å²) in [6.07, 6.45) is 0. The van der Waals surface area contributed by atoms with E-state index in [1.54, 1.807) is 0 Å². The van der Waals surface area contributed by atoms with Gasteiger partial charge in [0.05, 0.1) is 0 Å². The Morgan fingerprint density at radius 3 is 1.32 bits per heavy atom. The monoisotopic (exact) mass is 632 g/mol. The van der Waals surface area contributed by atoms with E-state index in [2.05, 4.69) is 194 Å². The van der Waals surface area contributed by atoms with E-state index in [1.165, 1.54) is 98.4 Å². The summed E-state index contributed by atoms with van der Waals surface area (Å²) in [5.41, 5.74) is 10.0. The second-order valence-corrected chi connectivity index (χ2v) is 13.2. The van der Waals surface area contributed by atoms with Crippen LogP contribution in [0.15, 0.2) is 194 Å². The van der Waals surface area contributed by atoms with E-state index in [0.717, 1.165) is 0 Å². The Balaban J connectivity index is 1.25. The summed E-state index contributed by atoms with van der Waals surface area (Å²) in [4.78, 5) is 0. The summed E-state index contributed by atoms with van der Waals surface area (Å²) in [7, 11) is 0. The molecule has 10 aromatic carbocycles. The Labute approximate surface area is 291 Å². The molecule has 0 aliphatic heterocycles. The van der Waals surface area contributed by atoms with E-state index in [9.17, 15) is 0 Å². The lowest BCUT2D eigenvalue weighted by atomic mass is 9.82. The third-order valence-corrected chi connectivity index (χ3v) is 10.5. The fraction of sp³-hybridized carbons (Fsp3) is 0. The zero-order valence-electron chi connectivity index (χ0n) is 27.5. The van der Waals surface area contributed by atoms with Gasteiger partial charge in [-0.2, -0.15) is 0 Å². The van der Waals surface area contributed by atoms with Crippen molar-refractivity contribution in [2.45, 2.75) is 0 Å². The van der Waals surface area contributed by atoms with E-state index in [-0.39, 0.29) is 0 Å². The van der Waals surface area contributed by atoms with Crippen molar-refractivity contribution >= 4 is 53.9 Å². The summed E-state index contributed by atoms with van der Waals surface area (Å²) in [6, 6.07) is 71.3. The SMILES string of the molecule is c1ccc(-c2cccc(-c3ccc(-c4c5ccccc5c(-c5cccc6c5ccc5ccccc56)c5ccccc45)c4ccccc34)c2)cc1. The summed E-state index contributed by atoms with van der Waals surface area (Å²) in [6.45, 7) is 0. The minimum absolute atomic E-state index is 1.22. The van der Waals surface area contributed by atoms with Crippen LogP contribution in [-0.4, -0.2) is 0 Å². The van der Waals surface area contributed by atoms with Crippen LogP contribution in [-0.2, 0) is 0 Å².